The summed E-state index contributed by atoms with van der Waals surface area (Å²) in [5.41, 5.74) is 5.59. The van der Waals surface area contributed by atoms with Gasteiger partial charge in [0.2, 0.25) is 17.2 Å². The molecule has 1 aromatic rings. The third kappa shape index (κ3) is 2.04. The van der Waals surface area contributed by atoms with Crippen LogP contribution in [0, 0.1) is 0 Å². The highest BCUT2D eigenvalue weighted by Crippen LogP contribution is 2.30. The Balaban J connectivity index is 2.34. The molecular formula is C10H16ClN5. The van der Waals surface area contributed by atoms with Gasteiger partial charge in [0.15, 0.2) is 0 Å². The van der Waals surface area contributed by atoms with Crippen LogP contribution in [0.25, 0.3) is 0 Å². The summed E-state index contributed by atoms with van der Waals surface area (Å²) in [7, 11) is 0. The maximum Gasteiger partial charge on any atom is 0.231 e. The normalized spacial score (nSPS) is 25.1. The van der Waals surface area contributed by atoms with Crippen LogP contribution in [0.2, 0.25) is 5.28 Å². The number of nitrogens with zero attached hydrogens (tertiary/aromatic N) is 4. The molecule has 1 aromatic heterocycles. The van der Waals surface area contributed by atoms with E-state index in [0.717, 1.165) is 12.8 Å². The second-order valence-electron chi connectivity index (χ2n) is 4.16. The Morgan fingerprint density at radius 3 is 2.75 bits per heavy atom. The zero-order chi connectivity index (χ0) is 11.7. The number of nitrogen functional groups attached to an aromatic ring is 1. The van der Waals surface area contributed by atoms with E-state index in [1.165, 1.54) is 6.42 Å². The Bertz CT molecular complexity index is 363. The largest absolute Gasteiger partial charge is 0.368 e. The van der Waals surface area contributed by atoms with Crippen molar-refractivity contribution in [2.24, 2.45) is 0 Å². The first kappa shape index (κ1) is 11.4. The fourth-order valence-corrected chi connectivity index (χ4v) is 2.47. The van der Waals surface area contributed by atoms with Crippen LogP contribution in [0.3, 0.4) is 0 Å². The molecule has 1 fully saturated rings. The average molecular weight is 242 g/mol. The Morgan fingerprint density at radius 2 is 2.12 bits per heavy atom. The second-order valence-corrected chi connectivity index (χ2v) is 4.50. The molecule has 16 heavy (non-hydrogen) atoms. The Kier molecular flexibility index (Phi) is 3.14. The monoisotopic (exact) mass is 241 g/mol. The number of nitrogens with two attached hydrogens (primary N) is 1. The Morgan fingerprint density at radius 1 is 1.38 bits per heavy atom. The lowest BCUT2D eigenvalue weighted by Crippen LogP contribution is -2.35. The topological polar surface area (TPSA) is 67.9 Å². The second kappa shape index (κ2) is 4.41. The van der Waals surface area contributed by atoms with Gasteiger partial charge in [0.25, 0.3) is 0 Å². The first-order valence-corrected chi connectivity index (χ1v) is 5.95. The van der Waals surface area contributed by atoms with Gasteiger partial charge in [-0.05, 0) is 37.8 Å². The van der Waals surface area contributed by atoms with E-state index in [9.17, 15) is 0 Å². The van der Waals surface area contributed by atoms with Crippen LogP contribution in [0.4, 0.5) is 11.9 Å². The van der Waals surface area contributed by atoms with E-state index in [0.29, 0.717) is 18.0 Å². The molecule has 0 radical (unpaired) electrons. The summed E-state index contributed by atoms with van der Waals surface area (Å²) in [5.74, 6) is 0.790. The van der Waals surface area contributed by atoms with E-state index in [-0.39, 0.29) is 11.2 Å². The standard InChI is InChI=1S/C10H16ClN5/c1-3-7-5-4-6(2)16(7)10-14-8(11)13-9(12)15-10/h6-7H,3-5H2,1-2H3,(H2,12,13,14,15). The van der Waals surface area contributed by atoms with Gasteiger partial charge >= 0.3 is 0 Å². The fraction of sp³-hybridized carbons (Fsp3) is 0.700. The molecule has 1 saturated heterocycles. The number of halogens is 1. The molecule has 6 heteroatoms. The van der Waals surface area contributed by atoms with Gasteiger partial charge in [0.05, 0.1) is 0 Å². The van der Waals surface area contributed by atoms with E-state index in [2.05, 4.69) is 33.7 Å². The van der Waals surface area contributed by atoms with Gasteiger partial charge in [-0.2, -0.15) is 15.0 Å². The van der Waals surface area contributed by atoms with Crippen LogP contribution >= 0.6 is 11.6 Å². The van der Waals surface area contributed by atoms with Crippen LogP contribution in [0.5, 0.6) is 0 Å². The Hall–Kier alpha value is -1.10. The van der Waals surface area contributed by atoms with Crippen molar-refractivity contribution in [1.29, 1.82) is 0 Å². The van der Waals surface area contributed by atoms with Gasteiger partial charge < -0.3 is 10.6 Å². The SMILES string of the molecule is CCC1CCC(C)N1c1nc(N)nc(Cl)n1. The average Bonchev–Trinajstić information content (AvgIpc) is 2.58. The summed E-state index contributed by atoms with van der Waals surface area (Å²) in [6.45, 7) is 4.34. The van der Waals surface area contributed by atoms with E-state index >= 15 is 0 Å². The number of hydrogen-bond acceptors (Lipinski definition) is 5. The highest BCUT2D eigenvalue weighted by molar-refractivity contribution is 6.28. The minimum atomic E-state index is 0.163. The van der Waals surface area contributed by atoms with Gasteiger partial charge in [0, 0.05) is 12.1 Å². The molecule has 5 nitrogen and oxygen atoms in total. The van der Waals surface area contributed by atoms with Crippen molar-refractivity contribution in [3.63, 3.8) is 0 Å². The van der Waals surface area contributed by atoms with Gasteiger partial charge in [-0.3, -0.25) is 0 Å². The summed E-state index contributed by atoms with van der Waals surface area (Å²) in [6.07, 6.45) is 3.40. The van der Waals surface area contributed by atoms with Crippen molar-refractivity contribution in [3.05, 3.63) is 5.28 Å². The molecular weight excluding hydrogens is 226 g/mol. The molecule has 1 aliphatic heterocycles. The molecule has 2 heterocycles. The number of anilines is 2. The van der Waals surface area contributed by atoms with Crippen LogP contribution in [0.15, 0.2) is 0 Å². The van der Waals surface area contributed by atoms with Gasteiger partial charge in [-0.15, -0.1) is 0 Å². The van der Waals surface area contributed by atoms with Crippen molar-refractivity contribution in [3.8, 4) is 0 Å². The predicted octanol–water partition coefficient (Wildman–Crippen LogP) is 1.87. The molecule has 2 N–H and O–H groups in total. The molecule has 2 atom stereocenters. The highest BCUT2D eigenvalue weighted by atomic mass is 35.5. The Labute approximate surface area is 100 Å². The highest BCUT2D eigenvalue weighted by Gasteiger charge is 2.31. The van der Waals surface area contributed by atoms with E-state index in [1.807, 2.05) is 0 Å². The third-order valence-corrected chi connectivity index (χ3v) is 3.27. The zero-order valence-corrected chi connectivity index (χ0v) is 10.3. The van der Waals surface area contributed by atoms with Crippen LogP contribution < -0.4 is 10.6 Å². The van der Waals surface area contributed by atoms with E-state index < -0.39 is 0 Å². The van der Waals surface area contributed by atoms with Crippen molar-refractivity contribution in [1.82, 2.24) is 15.0 Å². The number of rotatable bonds is 2. The molecule has 2 rings (SSSR count). The molecule has 0 spiro atoms. The predicted molar refractivity (Wildman–Crippen MR) is 64.5 cm³/mol. The van der Waals surface area contributed by atoms with Crippen molar-refractivity contribution in [2.75, 3.05) is 10.6 Å². The lowest BCUT2D eigenvalue weighted by Gasteiger charge is -2.27. The van der Waals surface area contributed by atoms with Crippen molar-refractivity contribution in [2.45, 2.75) is 45.2 Å². The lowest BCUT2D eigenvalue weighted by molar-refractivity contribution is 0.612. The maximum atomic E-state index is 5.80. The van der Waals surface area contributed by atoms with Crippen molar-refractivity contribution >= 4 is 23.5 Å². The van der Waals surface area contributed by atoms with Crippen LogP contribution in [-0.4, -0.2) is 27.0 Å². The van der Waals surface area contributed by atoms with Crippen LogP contribution in [0.1, 0.15) is 33.1 Å². The summed E-state index contributed by atoms with van der Waals surface area (Å²) in [5, 5.41) is 0.163. The molecule has 0 aromatic carbocycles. The van der Waals surface area contributed by atoms with Crippen LogP contribution in [-0.2, 0) is 0 Å². The van der Waals surface area contributed by atoms with Gasteiger partial charge in [-0.25, -0.2) is 0 Å². The first-order chi connectivity index (χ1) is 7.61. The van der Waals surface area contributed by atoms with Gasteiger partial charge in [-0.1, -0.05) is 6.92 Å². The summed E-state index contributed by atoms with van der Waals surface area (Å²) < 4.78 is 0. The third-order valence-electron chi connectivity index (χ3n) is 3.10. The lowest BCUT2D eigenvalue weighted by atomic mass is 10.2. The maximum absolute atomic E-state index is 5.80. The van der Waals surface area contributed by atoms with E-state index in [4.69, 9.17) is 17.3 Å². The molecule has 0 saturated carbocycles. The molecule has 2 unspecified atom stereocenters. The summed E-state index contributed by atoms with van der Waals surface area (Å²) in [4.78, 5) is 14.3. The summed E-state index contributed by atoms with van der Waals surface area (Å²) >= 11 is 5.80. The number of aromatic nitrogens is 3. The molecule has 88 valence electrons. The summed E-state index contributed by atoms with van der Waals surface area (Å²) in [6, 6.07) is 0.913. The molecule has 0 aliphatic carbocycles. The molecule has 1 aliphatic rings. The smallest absolute Gasteiger partial charge is 0.231 e. The quantitative estimate of drug-likeness (QED) is 0.856. The first-order valence-electron chi connectivity index (χ1n) is 5.57. The zero-order valence-electron chi connectivity index (χ0n) is 9.52. The minimum absolute atomic E-state index is 0.163. The van der Waals surface area contributed by atoms with Crippen molar-refractivity contribution < 1.29 is 0 Å². The molecule has 0 amide bonds. The van der Waals surface area contributed by atoms with E-state index in [1.54, 1.807) is 0 Å². The fourth-order valence-electron chi connectivity index (χ4n) is 2.30. The number of hydrogen-bond donors (Lipinski definition) is 1. The minimum Gasteiger partial charge on any atom is -0.368 e. The van der Waals surface area contributed by atoms with Gasteiger partial charge in [0.1, 0.15) is 0 Å². The molecule has 0 bridgehead atoms.